The molecule has 0 spiro atoms. The molecule has 106 valence electrons. The van der Waals surface area contributed by atoms with Crippen LogP contribution in [0.25, 0.3) is 0 Å². The first kappa shape index (κ1) is 15.4. The van der Waals surface area contributed by atoms with Crippen molar-refractivity contribution in [2.45, 2.75) is 44.6 Å². The summed E-state index contributed by atoms with van der Waals surface area (Å²) in [6.07, 6.45) is 6.73. The van der Waals surface area contributed by atoms with Crippen LogP contribution in [0.2, 0.25) is 0 Å². The van der Waals surface area contributed by atoms with Crippen molar-refractivity contribution in [3.8, 4) is 0 Å². The summed E-state index contributed by atoms with van der Waals surface area (Å²) in [5.41, 5.74) is 0. The molecular weight excluding hydrogens is 228 g/mol. The number of methoxy groups -OCH3 is 1. The van der Waals surface area contributed by atoms with Gasteiger partial charge < -0.3 is 14.5 Å². The summed E-state index contributed by atoms with van der Waals surface area (Å²) < 4.78 is 4.64. The van der Waals surface area contributed by atoms with Crippen molar-refractivity contribution in [1.82, 2.24) is 9.80 Å². The van der Waals surface area contributed by atoms with E-state index < -0.39 is 0 Å². The molecule has 0 saturated carbocycles. The third-order valence-electron chi connectivity index (χ3n) is 3.91. The molecule has 18 heavy (non-hydrogen) atoms. The van der Waals surface area contributed by atoms with Crippen LogP contribution in [0.3, 0.4) is 0 Å². The Morgan fingerprint density at radius 3 is 2.83 bits per heavy atom. The van der Waals surface area contributed by atoms with E-state index >= 15 is 0 Å². The lowest BCUT2D eigenvalue weighted by Crippen LogP contribution is -2.38. The lowest BCUT2D eigenvalue weighted by molar-refractivity contribution is -0.140. The molecule has 0 aromatic carbocycles. The minimum atomic E-state index is -0.101. The topological polar surface area (TPSA) is 32.8 Å². The van der Waals surface area contributed by atoms with Gasteiger partial charge in [0.25, 0.3) is 0 Å². The van der Waals surface area contributed by atoms with Gasteiger partial charge in [0.1, 0.15) is 0 Å². The number of ether oxygens (including phenoxy) is 1. The van der Waals surface area contributed by atoms with Crippen LogP contribution in [0, 0.1) is 0 Å². The average molecular weight is 256 g/mol. The zero-order valence-electron chi connectivity index (χ0n) is 12.2. The summed E-state index contributed by atoms with van der Waals surface area (Å²) in [7, 11) is 5.83. The van der Waals surface area contributed by atoms with Crippen molar-refractivity contribution in [2.24, 2.45) is 0 Å². The van der Waals surface area contributed by atoms with Crippen LogP contribution < -0.4 is 0 Å². The summed E-state index contributed by atoms with van der Waals surface area (Å²) in [5, 5.41) is 0. The summed E-state index contributed by atoms with van der Waals surface area (Å²) in [6.45, 7) is 3.35. The smallest absolute Gasteiger partial charge is 0.305 e. The Bertz CT molecular complexity index is 246. The maximum Gasteiger partial charge on any atom is 0.305 e. The molecule has 1 fully saturated rings. The van der Waals surface area contributed by atoms with Gasteiger partial charge in [0.2, 0.25) is 0 Å². The minimum absolute atomic E-state index is 0.101. The SMILES string of the molecule is COC(=O)CCCN(C)CCC1CCCCN1C. The number of nitrogens with zero attached hydrogens (tertiary/aromatic N) is 2. The minimum Gasteiger partial charge on any atom is -0.469 e. The molecule has 0 aromatic rings. The Morgan fingerprint density at radius 1 is 1.39 bits per heavy atom. The average Bonchev–Trinajstić information content (AvgIpc) is 2.37. The van der Waals surface area contributed by atoms with Gasteiger partial charge in [-0.25, -0.2) is 0 Å². The largest absolute Gasteiger partial charge is 0.469 e. The van der Waals surface area contributed by atoms with Crippen LogP contribution in [0.15, 0.2) is 0 Å². The van der Waals surface area contributed by atoms with E-state index in [1.54, 1.807) is 0 Å². The van der Waals surface area contributed by atoms with Gasteiger partial charge in [0, 0.05) is 12.5 Å². The fourth-order valence-corrected chi connectivity index (χ4v) is 2.59. The maximum absolute atomic E-state index is 11.0. The monoisotopic (exact) mass is 256 g/mol. The van der Waals surface area contributed by atoms with Crippen molar-refractivity contribution >= 4 is 5.97 Å². The number of rotatable bonds is 7. The molecule has 0 N–H and O–H groups in total. The zero-order chi connectivity index (χ0) is 13.4. The molecule has 1 aliphatic rings. The van der Waals surface area contributed by atoms with Gasteiger partial charge >= 0.3 is 5.97 Å². The quantitative estimate of drug-likeness (QED) is 0.650. The van der Waals surface area contributed by atoms with Crippen molar-refractivity contribution in [1.29, 1.82) is 0 Å². The third-order valence-corrected chi connectivity index (χ3v) is 3.91. The van der Waals surface area contributed by atoms with E-state index in [1.165, 1.54) is 39.3 Å². The van der Waals surface area contributed by atoms with Gasteiger partial charge in [-0.05, 0) is 59.4 Å². The Morgan fingerprint density at radius 2 is 2.17 bits per heavy atom. The van der Waals surface area contributed by atoms with Crippen LogP contribution in [-0.4, -0.2) is 62.7 Å². The first-order valence-corrected chi connectivity index (χ1v) is 7.09. The maximum atomic E-state index is 11.0. The Labute approximate surface area is 111 Å². The molecule has 0 aromatic heterocycles. The number of carbonyl (C=O) groups excluding carboxylic acids is 1. The van der Waals surface area contributed by atoms with Gasteiger partial charge in [0.15, 0.2) is 0 Å². The molecule has 0 amide bonds. The Balaban J connectivity index is 2.08. The van der Waals surface area contributed by atoms with Crippen molar-refractivity contribution in [3.63, 3.8) is 0 Å². The highest BCUT2D eigenvalue weighted by molar-refractivity contribution is 5.69. The number of esters is 1. The second-order valence-corrected chi connectivity index (χ2v) is 5.40. The normalized spacial score (nSPS) is 21.2. The van der Waals surface area contributed by atoms with Gasteiger partial charge in [0.05, 0.1) is 7.11 Å². The first-order chi connectivity index (χ1) is 8.63. The molecule has 1 atom stereocenters. The van der Waals surface area contributed by atoms with Crippen LogP contribution in [0.1, 0.15) is 38.5 Å². The number of likely N-dealkylation sites (tertiary alicyclic amines) is 1. The Hall–Kier alpha value is -0.610. The van der Waals surface area contributed by atoms with E-state index in [-0.39, 0.29) is 5.97 Å². The second kappa shape index (κ2) is 8.48. The second-order valence-electron chi connectivity index (χ2n) is 5.40. The summed E-state index contributed by atoms with van der Waals surface area (Å²) >= 11 is 0. The highest BCUT2D eigenvalue weighted by Gasteiger charge is 2.18. The molecule has 1 heterocycles. The van der Waals surface area contributed by atoms with E-state index in [4.69, 9.17) is 0 Å². The predicted octanol–water partition coefficient (Wildman–Crippen LogP) is 1.75. The van der Waals surface area contributed by atoms with Crippen molar-refractivity contribution in [3.05, 3.63) is 0 Å². The summed E-state index contributed by atoms with van der Waals surface area (Å²) in [4.78, 5) is 15.8. The highest BCUT2D eigenvalue weighted by atomic mass is 16.5. The molecule has 0 radical (unpaired) electrons. The van der Waals surface area contributed by atoms with Crippen LogP contribution in [-0.2, 0) is 9.53 Å². The Kier molecular flexibility index (Phi) is 7.28. The number of piperidine rings is 1. The molecule has 1 unspecified atom stereocenters. The number of hydrogen-bond acceptors (Lipinski definition) is 4. The fraction of sp³-hybridized carbons (Fsp3) is 0.929. The van der Waals surface area contributed by atoms with E-state index in [2.05, 4.69) is 28.6 Å². The van der Waals surface area contributed by atoms with Gasteiger partial charge in [-0.3, -0.25) is 4.79 Å². The van der Waals surface area contributed by atoms with Crippen molar-refractivity contribution in [2.75, 3.05) is 40.8 Å². The lowest BCUT2D eigenvalue weighted by atomic mass is 10.00. The van der Waals surface area contributed by atoms with Gasteiger partial charge in [-0.15, -0.1) is 0 Å². The molecule has 0 aliphatic carbocycles. The zero-order valence-corrected chi connectivity index (χ0v) is 12.2. The molecular formula is C14H28N2O2. The first-order valence-electron chi connectivity index (χ1n) is 7.09. The standard InChI is InChI=1S/C14H28N2O2/c1-15(10-6-8-14(17)18-3)12-9-13-7-4-5-11-16(13)2/h13H,4-12H2,1-3H3. The molecule has 0 bridgehead atoms. The van der Waals surface area contributed by atoms with E-state index in [1.807, 2.05) is 0 Å². The fourth-order valence-electron chi connectivity index (χ4n) is 2.59. The van der Waals surface area contributed by atoms with Gasteiger partial charge in [-0.2, -0.15) is 0 Å². The lowest BCUT2D eigenvalue weighted by Gasteiger charge is -2.33. The number of carbonyl (C=O) groups is 1. The molecule has 1 aliphatic heterocycles. The summed E-state index contributed by atoms with van der Waals surface area (Å²) in [6, 6.07) is 0.752. The van der Waals surface area contributed by atoms with E-state index in [0.29, 0.717) is 6.42 Å². The third kappa shape index (κ3) is 5.83. The van der Waals surface area contributed by atoms with Gasteiger partial charge in [-0.1, -0.05) is 6.42 Å². The molecule has 1 saturated heterocycles. The predicted molar refractivity (Wildman–Crippen MR) is 73.6 cm³/mol. The summed E-state index contributed by atoms with van der Waals surface area (Å²) in [5.74, 6) is -0.101. The van der Waals surface area contributed by atoms with Crippen LogP contribution >= 0.6 is 0 Å². The highest BCUT2D eigenvalue weighted by Crippen LogP contribution is 2.17. The van der Waals surface area contributed by atoms with E-state index in [9.17, 15) is 4.79 Å². The number of hydrogen-bond donors (Lipinski definition) is 0. The van der Waals surface area contributed by atoms with E-state index in [0.717, 1.165) is 25.6 Å². The van der Waals surface area contributed by atoms with Crippen LogP contribution in [0.4, 0.5) is 0 Å². The molecule has 1 rings (SSSR count). The van der Waals surface area contributed by atoms with Crippen LogP contribution in [0.5, 0.6) is 0 Å². The molecule has 4 heteroatoms. The van der Waals surface area contributed by atoms with Crippen molar-refractivity contribution < 1.29 is 9.53 Å². The molecule has 4 nitrogen and oxygen atoms in total.